The molecule has 1 saturated heterocycles. The molecular formula is C13H22O4. The van der Waals surface area contributed by atoms with Gasteiger partial charge in [0.05, 0.1) is 24.7 Å². The summed E-state index contributed by atoms with van der Waals surface area (Å²) in [5.41, 5.74) is 0. The molecule has 98 valence electrons. The van der Waals surface area contributed by atoms with Crippen molar-refractivity contribution < 1.29 is 19.4 Å². The number of carboxylic acid groups (broad SMARTS) is 1. The van der Waals surface area contributed by atoms with Crippen LogP contribution in [0.3, 0.4) is 0 Å². The fourth-order valence-corrected chi connectivity index (χ4v) is 2.76. The van der Waals surface area contributed by atoms with Crippen LogP contribution < -0.4 is 0 Å². The zero-order valence-electron chi connectivity index (χ0n) is 10.3. The first kappa shape index (κ1) is 12.8. The Hall–Kier alpha value is -0.610. The first-order valence-corrected chi connectivity index (χ1v) is 6.73. The molecule has 0 bridgehead atoms. The molecule has 4 nitrogen and oxygen atoms in total. The monoisotopic (exact) mass is 242 g/mol. The Morgan fingerprint density at radius 3 is 2.71 bits per heavy atom. The van der Waals surface area contributed by atoms with Crippen LogP contribution >= 0.6 is 0 Å². The fourth-order valence-electron chi connectivity index (χ4n) is 2.76. The van der Waals surface area contributed by atoms with Crippen molar-refractivity contribution in [1.29, 1.82) is 0 Å². The number of hydrogen-bond donors (Lipinski definition) is 1. The molecule has 2 fully saturated rings. The second-order valence-corrected chi connectivity index (χ2v) is 5.09. The SMILES string of the molecule is O=C(O)C1CCCCCC1OCC1CCCO1. The highest BCUT2D eigenvalue weighted by Crippen LogP contribution is 2.27. The molecule has 1 aliphatic carbocycles. The van der Waals surface area contributed by atoms with E-state index in [1.807, 2.05) is 0 Å². The van der Waals surface area contributed by atoms with Gasteiger partial charge in [0.25, 0.3) is 0 Å². The van der Waals surface area contributed by atoms with Gasteiger partial charge < -0.3 is 14.6 Å². The topological polar surface area (TPSA) is 55.8 Å². The molecule has 2 aliphatic rings. The number of hydrogen-bond acceptors (Lipinski definition) is 3. The molecule has 1 heterocycles. The molecule has 3 unspecified atom stereocenters. The number of rotatable bonds is 4. The second kappa shape index (κ2) is 6.36. The van der Waals surface area contributed by atoms with Crippen molar-refractivity contribution in [3.8, 4) is 0 Å². The quantitative estimate of drug-likeness (QED) is 0.768. The average Bonchev–Trinajstić information content (AvgIpc) is 2.70. The Kier molecular flexibility index (Phi) is 4.80. The van der Waals surface area contributed by atoms with Crippen LogP contribution in [0.5, 0.6) is 0 Å². The minimum atomic E-state index is -0.704. The van der Waals surface area contributed by atoms with Gasteiger partial charge in [-0.3, -0.25) is 4.79 Å². The summed E-state index contributed by atoms with van der Waals surface area (Å²) in [5.74, 6) is -1.02. The van der Waals surface area contributed by atoms with E-state index in [-0.39, 0.29) is 18.1 Å². The van der Waals surface area contributed by atoms with E-state index in [9.17, 15) is 9.90 Å². The van der Waals surface area contributed by atoms with Crippen LogP contribution in [0.2, 0.25) is 0 Å². The predicted molar refractivity (Wildman–Crippen MR) is 62.9 cm³/mol. The molecular weight excluding hydrogens is 220 g/mol. The first-order valence-electron chi connectivity index (χ1n) is 6.73. The minimum Gasteiger partial charge on any atom is -0.481 e. The van der Waals surface area contributed by atoms with Gasteiger partial charge in [-0.1, -0.05) is 19.3 Å². The lowest BCUT2D eigenvalue weighted by Crippen LogP contribution is -2.32. The number of carbonyl (C=O) groups is 1. The summed E-state index contributed by atoms with van der Waals surface area (Å²) in [4.78, 5) is 11.2. The van der Waals surface area contributed by atoms with Crippen molar-refractivity contribution in [2.24, 2.45) is 5.92 Å². The smallest absolute Gasteiger partial charge is 0.309 e. The molecule has 0 aromatic carbocycles. The molecule has 3 atom stereocenters. The summed E-state index contributed by atoms with van der Waals surface area (Å²) in [6.07, 6.45) is 7.08. The van der Waals surface area contributed by atoms with Crippen LogP contribution in [0.25, 0.3) is 0 Å². The lowest BCUT2D eigenvalue weighted by atomic mass is 9.97. The van der Waals surface area contributed by atoms with E-state index in [4.69, 9.17) is 9.47 Å². The highest BCUT2D eigenvalue weighted by Gasteiger charge is 2.31. The van der Waals surface area contributed by atoms with E-state index in [2.05, 4.69) is 0 Å². The molecule has 0 radical (unpaired) electrons. The van der Waals surface area contributed by atoms with Crippen LogP contribution in [0.1, 0.15) is 44.9 Å². The standard InChI is InChI=1S/C13H22O4/c14-13(15)11-6-2-1-3-7-12(11)17-9-10-5-4-8-16-10/h10-12H,1-9H2,(H,14,15). The maximum absolute atomic E-state index is 11.2. The van der Waals surface area contributed by atoms with Gasteiger partial charge in [0.2, 0.25) is 0 Å². The lowest BCUT2D eigenvalue weighted by molar-refractivity contribution is -0.149. The van der Waals surface area contributed by atoms with E-state index in [0.29, 0.717) is 6.61 Å². The summed E-state index contributed by atoms with van der Waals surface area (Å²) < 4.78 is 11.3. The summed E-state index contributed by atoms with van der Waals surface area (Å²) in [5, 5.41) is 9.21. The molecule has 1 saturated carbocycles. The first-order chi connectivity index (χ1) is 8.27. The second-order valence-electron chi connectivity index (χ2n) is 5.09. The Morgan fingerprint density at radius 2 is 2.00 bits per heavy atom. The molecule has 17 heavy (non-hydrogen) atoms. The Morgan fingerprint density at radius 1 is 1.18 bits per heavy atom. The van der Waals surface area contributed by atoms with Gasteiger partial charge in [-0.2, -0.15) is 0 Å². The van der Waals surface area contributed by atoms with Gasteiger partial charge in [0, 0.05) is 6.61 Å². The molecule has 4 heteroatoms. The zero-order chi connectivity index (χ0) is 12.1. The van der Waals surface area contributed by atoms with Crippen LogP contribution in [0.15, 0.2) is 0 Å². The normalized spacial score (nSPS) is 34.5. The van der Waals surface area contributed by atoms with E-state index in [0.717, 1.165) is 51.6 Å². The van der Waals surface area contributed by atoms with Gasteiger partial charge >= 0.3 is 5.97 Å². The predicted octanol–water partition coefficient (Wildman–Crippen LogP) is 2.22. The van der Waals surface area contributed by atoms with Crippen molar-refractivity contribution in [2.75, 3.05) is 13.2 Å². The Labute approximate surface area is 102 Å². The third-order valence-corrected chi connectivity index (χ3v) is 3.79. The largest absolute Gasteiger partial charge is 0.481 e. The van der Waals surface area contributed by atoms with Gasteiger partial charge in [-0.25, -0.2) is 0 Å². The molecule has 1 N–H and O–H groups in total. The fraction of sp³-hybridized carbons (Fsp3) is 0.923. The minimum absolute atomic E-state index is 0.112. The highest BCUT2D eigenvalue weighted by atomic mass is 16.5. The average molecular weight is 242 g/mol. The van der Waals surface area contributed by atoms with Crippen LogP contribution in [0.4, 0.5) is 0 Å². The van der Waals surface area contributed by atoms with Crippen molar-refractivity contribution >= 4 is 5.97 Å². The van der Waals surface area contributed by atoms with E-state index < -0.39 is 5.97 Å². The third-order valence-electron chi connectivity index (χ3n) is 3.79. The number of aliphatic carboxylic acids is 1. The van der Waals surface area contributed by atoms with Gasteiger partial charge in [-0.15, -0.1) is 0 Å². The number of ether oxygens (including phenoxy) is 2. The number of carboxylic acids is 1. The molecule has 0 amide bonds. The molecule has 0 aromatic rings. The highest BCUT2D eigenvalue weighted by molar-refractivity contribution is 5.70. The Balaban J connectivity index is 1.83. The van der Waals surface area contributed by atoms with Gasteiger partial charge in [0.15, 0.2) is 0 Å². The van der Waals surface area contributed by atoms with Gasteiger partial charge in [-0.05, 0) is 25.7 Å². The maximum Gasteiger partial charge on any atom is 0.309 e. The van der Waals surface area contributed by atoms with Crippen LogP contribution in [0, 0.1) is 5.92 Å². The molecule has 1 aliphatic heterocycles. The third kappa shape index (κ3) is 3.68. The van der Waals surface area contributed by atoms with Crippen molar-refractivity contribution in [1.82, 2.24) is 0 Å². The zero-order valence-corrected chi connectivity index (χ0v) is 10.3. The van der Waals surface area contributed by atoms with Crippen molar-refractivity contribution in [3.05, 3.63) is 0 Å². The summed E-state index contributed by atoms with van der Waals surface area (Å²) in [6.45, 7) is 1.38. The Bertz CT molecular complexity index is 248. The molecule has 2 rings (SSSR count). The van der Waals surface area contributed by atoms with E-state index in [1.54, 1.807) is 0 Å². The van der Waals surface area contributed by atoms with E-state index >= 15 is 0 Å². The molecule has 0 aromatic heterocycles. The van der Waals surface area contributed by atoms with Crippen molar-refractivity contribution in [3.63, 3.8) is 0 Å². The van der Waals surface area contributed by atoms with Crippen LogP contribution in [-0.2, 0) is 14.3 Å². The van der Waals surface area contributed by atoms with Crippen molar-refractivity contribution in [2.45, 2.75) is 57.2 Å². The van der Waals surface area contributed by atoms with Crippen LogP contribution in [-0.4, -0.2) is 36.5 Å². The lowest BCUT2D eigenvalue weighted by Gasteiger charge is -2.23. The maximum atomic E-state index is 11.2. The molecule has 0 spiro atoms. The van der Waals surface area contributed by atoms with E-state index in [1.165, 1.54) is 0 Å². The summed E-state index contributed by atoms with van der Waals surface area (Å²) >= 11 is 0. The summed E-state index contributed by atoms with van der Waals surface area (Å²) in [7, 11) is 0. The van der Waals surface area contributed by atoms with Gasteiger partial charge in [0.1, 0.15) is 0 Å². The summed E-state index contributed by atoms with van der Waals surface area (Å²) in [6, 6.07) is 0.